The summed E-state index contributed by atoms with van der Waals surface area (Å²) in [5, 5.41) is 0. The third kappa shape index (κ3) is 2.58. The molecular formula is C14H24N2O3. The van der Waals surface area contributed by atoms with Crippen LogP contribution in [0.4, 0.5) is 4.79 Å². The summed E-state index contributed by atoms with van der Waals surface area (Å²) in [6.45, 7) is 3.28. The summed E-state index contributed by atoms with van der Waals surface area (Å²) in [5.41, 5.74) is 0. The Hall–Kier alpha value is -0.810. The second kappa shape index (κ2) is 5.29. The van der Waals surface area contributed by atoms with Crippen LogP contribution < -0.4 is 0 Å². The average Bonchev–Trinajstić information content (AvgIpc) is 3.10. The molecule has 0 aromatic rings. The number of ether oxygens (including phenoxy) is 2. The molecular weight excluding hydrogens is 244 g/mol. The van der Waals surface area contributed by atoms with Crippen LogP contribution >= 0.6 is 0 Å². The zero-order valence-corrected chi connectivity index (χ0v) is 11.8. The highest BCUT2D eigenvalue weighted by Gasteiger charge is 2.42. The number of hydrogen-bond acceptors (Lipinski definition) is 3. The summed E-state index contributed by atoms with van der Waals surface area (Å²) in [5.74, 6) is -0.325. The minimum Gasteiger partial charge on any atom is -0.348 e. The third-order valence-corrected chi connectivity index (χ3v) is 4.76. The maximum absolute atomic E-state index is 12.3. The van der Waals surface area contributed by atoms with E-state index in [1.165, 1.54) is 0 Å². The number of carbonyl (C=O) groups excluding carboxylic acids is 1. The van der Waals surface area contributed by atoms with Crippen molar-refractivity contribution < 1.29 is 14.3 Å². The molecule has 0 aromatic carbocycles. The van der Waals surface area contributed by atoms with Gasteiger partial charge in [-0.3, -0.25) is 0 Å². The molecule has 1 saturated carbocycles. The van der Waals surface area contributed by atoms with Gasteiger partial charge in [0.25, 0.3) is 0 Å². The first-order valence-corrected chi connectivity index (χ1v) is 7.50. The number of nitrogens with zero attached hydrogens (tertiary/aromatic N) is 2. The molecule has 1 spiro atoms. The van der Waals surface area contributed by atoms with Gasteiger partial charge in [0.05, 0.1) is 13.2 Å². The number of likely N-dealkylation sites (tertiary alicyclic amines) is 1. The minimum atomic E-state index is -0.325. The Kier molecular flexibility index (Phi) is 3.67. The molecule has 2 amide bonds. The van der Waals surface area contributed by atoms with Crippen molar-refractivity contribution in [1.29, 1.82) is 0 Å². The van der Waals surface area contributed by atoms with E-state index in [1.54, 1.807) is 0 Å². The normalized spacial score (nSPS) is 27.1. The topological polar surface area (TPSA) is 42.0 Å². The van der Waals surface area contributed by atoms with Gasteiger partial charge < -0.3 is 19.3 Å². The van der Waals surface area contributed by atoms with Crippen molar-refractivity contribution in [3.05, 3.63) is 0 Å². The van der Waals surface area contributed by atoms with Crippen molar-refractivity contribution >= 4 is 6.03 Å². The minimum absolute atomic E-state index is 0.201. The van der Waals surface area contributed by atoms with Gasteiger partial charge in [0.1, 0.15) is 0 Å². The molecule has 0 bridgehead atoms. The van der Waals surface area contributed by atoms with Gasteiger partial charge in [-0.1, -0.05) is 0 Å². The van der Waals surface area contributed by atoms with E-state index >= 15 is 0 Å². The molecule has 2 heterocycles. The highest BCUT2D eigenvalue weighted by Crippen LogP contribution is 2.37. The molecule has 5 heteroatoms. The van der Waals surface area contributed by atoms with Gasteiger partial charge >= 0.3 is 6.03 Å². The molecule has 5 nitrogen and oxygen atoms in total. The van der Waals surface area contributed by atoms with Gasteiger partial charge in [-0.25, -0.2) is 4.79 Å². The van der Waals surface area contributed by atoms with E-state index in [9.17, 15) is 4.79 Å². The molecule has 2 aliphatic heterocycles. The number of amides is 2. The first kappa shape index (κ1) is 13.2. The Balaban J connectivity index is 1.54. The Morgan fingerprint density at radius 3 is 2.32 bits per heavy atom. The van der Waals surface area contributed by atoms with Gasteiger partial charge in [0.15, 0.2) is 5.79 Å². The zero-order valence-electron chi connectivity index (χ0n) is 11.8. The fraction of sp³-hybridized carbons (Fsp3) is 0.929. The zero-order chi connectivity index (χ0) is 13.3. The number of hydrogen-bond donors (Lipinski definition) is 0. The lowest BCUT2D eigenvalue weighted by Gasteiger charge is -2.40. The van der Waals surface area contributed by atoms with E-state index in [0.29, 0.717) is 19.3 Å². The summed E-state index contributed by atoms with van der Waals surface area (Å²) < 4.78 is 11.5. The van der Waals surface area contributed by atoms with Crippen molar-refractivity contribution in [3.8, 4) is 0 Å². The molecule has 3 fully saturated rings. The van der Waals surface area contributed by atoms with Gasteiger partial charge in [-0.05, 0) is 25.7 Å². The third-order valence-electron chi connectivity index (χ3n) is 4.76. The van der Waals surface area contributed by atoms with Crippen LogP contribution in [0.3, 0.4) is 0 Å². The molecule has 19 heavy (non-hydrogen) atoms. The molecule has 1 aliphatic carbocycles. The highest BCUT2D eigenvalue weighted by atomic mass is 16.7. The van der Waals surface area contributed by atoms with Gasteiger partial charge in [0, 0.05) is 39.0 Å². The number of carbonyl (C=O) groups is 1. The SMILES string of the molecule is CN(C(=O)N1CCCC1)C1CCC2(CC1)OCCO2. The van der Waals surface area contributed by atoms with E-state index < -0.39 is 0 Å². The smallest absolute Gasteiger partial charge is 0.319 e. The lowest BCUT2D eigenvalue weighted by molar-refractivity contribution is -0.182. The van der Waals surface area contributed by atoms with Crippen LogP contribution in [0.5, 0.6) is 0 Å². The largest absolute Gasteiger partial charge is 0.348 e. The Morgan fingerprint density at radius 2 is 1.74 bits per heavy atom. The van der Waals surface area contributed by atoms with E-state index in [1.807, 2.05) is 16.8 Å². The van der Waals surface area contributed by atoms with Gasteiger partial charge in [0.2, 0.25) is 0 Å². The number of urea groups is 1. The van der Waals surface area contributed by atoms with Crippen molar-refractivity contribution in [1.82, 2.24) is 9.80 Å². The Morgan fingerprint density at radius 1 is 1.16 bits per heavy atom. The standard InChI is InChI=1S/C14H24N2O3/c1-15(13(17)16-8-2-3-9-16)12-4-6-14(7-5-12)18-10-11-19-14/h12H,2-11H2,1H3. The van der Waals surface area contributed by atoms with E-state index in [-0.39, 0.29) is 11.8 Å². The maximum atomic E-state index is 12.3. The molecule has 2 saturated heterocycles. The van der Waals surface area contributed by atoms with Crippen LogP contribution in [0.2, 0.25) is 0 Å². The summed E-state index contributed by atoms with van der Waals surface area (Å²) in [6.07, 6.45) is 6.08. The molecule has 0 aromatic heterocycles. The first-order valence-electron chi connectivity index (χ1n) is 7.50. The predicted octanol–water partition coefficient (Wildman–Crippen LogP) is 1.82. The van der Waals surface area contributed by atoms with Crippen LogP contribution in [-0.2, 0) is 9.47 Å². The van der Waals surface area contributed by atoms with Gasteiger partial charge in [-0.2, -0.15) is 0 Å². The predicted molar refractivity (Wildman–Crippen MR) is 70.9 cm³/mol. The molecule has 0 unspecified atom stereocenters. The van der Waals surface area contributed by atoms with Gasteiger partial charge in [-0.15, -0.1) is 0 Å². The van der Waals surface area contributed by atoms with Crippen molar-refractivity contribution in [2.24, 2.45) is 0 Å². The maximum Gasteiger partial charge on any atom is 0.319 e. The molecule has 3 aliphatic rings. The van der Waals surface area contributed by atoms with E-state index in [2.05, 4.69) is 0 Å². The summed E-state index contributed by atoms with van der Waals surface area (Å²) >= 11 is 0. The van der Waals surface area contributed by atoms with Crippen LogP contribution in [-0.4, -0.2) is 61.0 Å². The molecule has 108 valence electrons. The van der Waals surface area contributed by atoms with Crippen molar-refractivity contribution in [2.75, 3.05) is 33.4 Å². The highest BCUT2D eigenvalue weighted by molar-refractivity contribution is 5.74. The molecule has 0 atom stereocenters. The van der Waals surface area contributed by atoms with Crippen molar-refractivity contribution in [2.45, 2.75) is 50.4 Å². The molecule has 3 rings (SSSR count). The second-order valence-electron chi connectivity index (χ2n) is 5.93. The summed E-state index contributed by atoms with van der Waals surface area (Å²) in [7, 11) is 1.94. The fourth-order valence-corrected chi connectivity index (χ4v) is 3.50. The van der Waals surface area contributed by atoms with Crippen LogP contribution in [0.25, 0.3) is 0 Å². The Labute approximate surface area is 114 Å². The lowest BCUT2D eigenvalue weighted by atomic mass is 9.89. The van der Waals surface area contributed by atoms with Crippen LogP contribution in [0.1, 0.15) is 38.5 Å². The summed E-state index contributed by atoms with van der Waals surface area (Å²) in [4.78, 5) is 16.3. The first-order chi connectivity index (χ1) is 9.20. The van der Waals surface area contributed by atoms with Crippen molar-refractivity contribution in [3.63, 3.8) is 0 Å². The summed E-state index contributed by atoms with van der Waals surface area (Å²) in [6, 6.07) is 0.540. The quantitative estimate of drug-likeness (QED) is 0.728. The van der Waals surface area contributed by atoms with Crippen LogP contribution in [0, 0.1) is 0 Å². The van der Waals surface area contributed by atoms with E-state index in [0.717, 1.165) is 51.6 Å². The van der Waals surface area contributed by atoms with E-state index in [4.69, 9.17) is 9.47 Å². The number of rotatable bonds is 1. The lowest BCUT2D eigenvalue weighted by Crippen LogP contribution is -2.48. The Bertz CT molecular complexity index is 326. The average molecular weight is 268 g/mol. The fourth-order valence-electron chi connectivity index (χ4n) is 3.50. The molecule has 0 radical (unpaired) electrons. The second-order valence-corrected chi connectivity index (χ2v) is 5.93. The monoisotopic (exact) mass is 268 g/mol. The van der Waals surface area contributed by atoms with Crippen LogP contribution in [0.15, 0.2) is 0 Å². The molecule has 0 N–H and O–H groups in total.